The van der Waals surface area contributed by atoms with Crippen LogP contribution in [0.3, 0.4) is 0 Å². The van der Waals surface area contributed by atoms with Gasteiger partial charge in [0.2, 0.25) is 0 Å². The number of nitrogens with two attached hydrogens (primary N) is 1. The van der Waals surface area contributed by atoms with Crippen LogP contribution in [0.15, 0.2) is 17.5 Å². The van der Waals surface area contributed by atoms with Crippen LogP contribution >= 0.6 is 11.3 Å². The first-order valence-corrected chi connectivity index (χ1v) is 6.96. The van der Waals surface area contributed by atoms with Gasteiger partial charge in [0.25, 0.3) is 0 Å². The zero-order valence-corrected chi connectivity index (χ0v) is 12.0. The maximum Gasteiger partial charge on any atom is 0.360 e. The Balaban J connectivity index is 2.50. The number of rotatable bonds is 4. The second-order valence-electron chi connectivity index (χ2n) is 4.17. The Bertz CT molecular complexity index is 575. The average Bonchev–Trinajstić information content (AvgIpc) is 3.04. The summed E-state index contributed by atoms with van der Waals surface area (Å²) in [5.74, 6) is 0.660. The van der Waals surface area contributed by atoms with Gasteiger partial charge in [0.05, 0.1) is 13.2 Å². The molecule has 2 rings (SSSR count). The number of aryl methyl sites for hydroxylation is 1. The van der Waals surface area contributed by atoms with E-state index in [-0.39, 0.29) is 11.7 Å². The van der Waals surface area contributed by atoms with Crippen molar-refractivity contribution in [3.05, 3.63) is 33.9 Å². The fourth-order valence-corrected chi connectivity index (χ4v) is 2.85. The molecule has 1 unspecified atom stereocenters. The van der Waals surface area contributed by atoms with E-state index >= 15 is 0 Å². The summed E-state index contributed by atoms with van der Waals surface area (Å²) in [6, 6.07) is 4.10. The van der Waals surface area contributed by atoms with Crippen molar-refractivity contribution in [3.63, 3.8) is 0 Å². The van der Waals surface area contributed by atoms with Crippen LogP contribution in [0.5, 0.6) is 0 Å². The fourth-order valence-electron chi connectivity index (χ4n) is 2.08. The van der Waals surface area contributed by atoms with E-state index < -0.39 is 5.97 Å². The van der Waals surface area contributed by atoms with Gasteiger partial charge in [-0.15, -0.1) is 11.3 Å². The van der Waals surface area contributed by atoms with Crippen LogP contribution in [0.2, 0.25) is 0 Å². The number of hydrogen-bond donors (Lipinski definition) is 1. The lowest BCUT2D eigenvalue weighted by Crippen LogP contribution is -2.13. The van der Waals surface area contributed by atoms with Crippen LogP contribution in [0.4, 0.5) is 5.82 Å². The Kier molecular flexibility index (Phi) is 3.90. The molecule has 2 aromatic rings. The smallest absolute Gasteiger partial charge is 0.360 e. The lowest BCUT2D eigenvalue weighted by atomic mass is 10.2. The predicted molar refractivity (Wildman–Crippen MR) is 75.5 cm³/mol. The minimum Gasteiger partial charge on any atom is -0.464 e. The van der Waals surface area contributed by atoms with Crippen LogP contribution < -0.4 is 5.73 Å². The molecular formula is C13H17N3O2S. The molecule has 2 heterocycles. The van der Waals surface area contributed by atoms with Gasteiger partial charge in [-0.2, -0.15) is 0 Å². The summed E-state index contributed by atoms with van der Waals surface area (Å²) in [4.78, 5) is 17.1. The van der Waals surface area contributed by atoms with Crippen molar-refractivity contribution in [2.45, 2.75) is 26.3 Å². The number of ether oxygens (including phenoxy) is 1. The van der Waals surface area contributed by atoms with Gasteiger partial charge in [-0.3, -0.25) is 0 Å². The summed E-state index contributed by atoms with van der Waals surface area (Å²) < 4.78 is 6.61. The number of imidazole rings is 1. The summed E-state index contributed by atoms with van der Waals surface area (Å²) in [5.41, 5.74) is 6.26. The van der Waals surface area contributed by atoms with Gasteiger partial charge in [0.1, 0.15) is 11.6 Å². The number of nitrogens with zero attached hydrogens (tertiary/aromatic N) is 2. The Hall–Kier alpha value is -1.82. The van der Waals surface area contributed by atoms with Crippen LogP contribution in [0.25, 0.3) is 0 Å². The van der Waals surface area contributed by atoms with Crippen LogP contribution in [-0.4, -0.2) is 22.6 Å². The zero-order valence-electron chi connectivity index (χ0n) is 11.2. The van der Waals surface area contributed by atoms with Crippen molar-refractivity contribution in [1.82, 2.24) is 9.55 Å². The highest BCUT2D eigenvalue weighted by molar-refractivity contribution is 7.10. The van der Waals surface area contributed by atoms with E-state index in [1.807, 2.05) is 35.9 Å². The van der Waals surface area contributed by atoms with Crippen LogP contribution in [0, 0.1) is 0 Å². The minimum atomic E-state index is -0.496. The van der Waals surface area contributed by atoms with Crippen LogP contribution in [-0.2, 0) is 11.2 Å². The molecule has 0 spiro atoms. The van der Waals surface area contributed by atoms with E-state index in [1.54, 1.807) is 11.3 Å². The number of nitrogen functional groups attached to an aromatic ring is 1. The Morgan fingerprint density at radius 2 is 2.37 bits per heavy atom. The van der Waals surface area contributed by atoms with Crippen molar-refractivity contribution in [2.75, 3.05) is 12.8 Å². The normalized spacial score (nSPS) is 12.4. The molecule has 0 aliphatic carbocycles. The third-order valence-electron chi connectivity index (χ3n) is 3.06. The molecule has 0 bridgehead atoms. The quantitative estimate of drug-likeness (QED) is 0.873. The van der Waals surface area contributed by atoms with E-state index in [2.05, 4.69) is 4.98 Å². The van der Waals surface area contributed by atoms with Gasteiger partial charge in [-0.05, 0) is 18.4 Å². The number of thiophene rings is 1. The second-order valence-corrected chi connectivity index (χ2v) is 5.15. The summed E-state index contributed by atoms with van der Waals surface area (Å²) in [6.45, 7) is 4.03. The van der Waals surface area contributed by atoms with Gasteiger partial charge in [-0.1, -0.05) is 13.0 Å². The molecule has 6 heteroatoms. The first-order valence-electron chi connectivity index (χ1n) is 6.08. The van der Waals surface area contributed by atoms with Gasteiger partial charge in [0, 0.05) is 11.3 Å². The lowest BCUT2D eigenvalue weighted by molar-refractivity contribution is 0.0595. The second kappa shape index (κ2) is 5.44. The third-order valence-corrected chi connectivity index (χ3v) is 4.10. The Labute approximate surface area is 116 Å². The van der Waals surface area contributed by atoms with E-state index in [1.165, 1.54) is 12.0 Å². The predicted octanol–water partition coefficient (Wildman–Crippen LogP) is 2.49. The number of esters is 1. The first-order chi connectivity index (χ1) is 9.10. The van der Waals surface area contributed by atoms with E-state index in [0.717, 1.165) is 5.82 Å². The van der Waals surface area contributed by atoms with Crippen LogP contribution in [0.1, 0.15) is 41.1 Å². The van der Waals surface area contributed by atoms with Crippen molar-refractivity contribution < 1.29 is 9.53 Å². The fraction of sp³-hybridized carbons (Fsp3) is 0.385. The average molecular weight is 279 g/mol. The monoisotopic (exact) mass is 279 g/mol. The molecule has 102 valence electrons. The van der Waals surface area contributed by atoms with E-state index in [4.69, 9.17) is 10.5 Å². The summed E-state index contributed by atoms with van der Waals surface area (Å²) in [7, 11) is 1.33. The molecule has 0 saturated carbocycles. The number of anilines is 1. The molecule has 2 N–H and O–H groups in total. The molecule has 19 heavy (non-hydrogen) atoms. The molecule has 0 aliphatic heterocycles. The summed E-state index contributed by atoms with van der Waals surface area (Å²) in [5, 5.41) is 2.02. The summed E-state index contributed by atoms with van der Waals surface area (Å²) >= 11 is 1.66. The molecule has 0 aliphatic rings. The number of hydrogen-bond acceptors (Lipinski definition) is 5. The molecule has 0 aromatic carbocycles. The van der Waals surface area contributed by atoms with E-state index in [9.17, 15) is 4.79 Å². The first kappa shape index (κ1) is 13.6. The molecule has 2 aromatic heterocycles. The number of carbonyl (C=O) groups is 1. The molecule has 1 atom stereocenters. The van der Waals surface area contributed by atoms with Gasteiger partial charge < -0.3 is 15.0 Å². The van der Waals surface area contributed by atoms with E-state index in [0.29, 0.717) is 12.2 Å². The Morgan fingerprint density at radius 3 is 2.89 bits per heavy atom. The Morgan fingerprint density at radius 1 is 1.63 bits per heavy atom. The lowest BCUT2D eigenvalue weighted by Gasteiger charge is -2.16. The van der Waals surface area contributed by atoms with Crippen molar-refractivity contribution in [3.8, 4) is 0 Å². The van der Waals surface area contributed by atoms with Gasteiger partial charge in [-0.25, -0.2) is 9.78 Å². The maximum atomic E-state index is 11.6. The van der Waals surface area contributed by atoms with Gasteiger partial charge >= 0.3 is 5.97 Å². The number of methoxy groups -OCH3 is 1. The number of carbonyl (C=O) groups excluding carboxylic acids is 1. The third kappa shape index (κ3) is 2.35. The minimum absolute atomic E-state index is 0.0563. The zero-order chi connectivity index (χ0) is 14.0. The highest BCUT2D eigenvalue weighted by Crippen LogP contribution is 2.29. The standard InChI is InChI=1S/C13H17N3O2S/c1-4-10-15-11(13(17)18-3)12(14)16(10)8(2)9-6-5-7-19-9/h5-8H,4,14H2,1-3H3. The van der Waals surface area contributed by atoms with Crippen molar-refractivity contribution >= 4 is 23.1 Å². The van der Waals surface area contributed by atoms with Crippen molar-refractivity contribution in [1.29, 1.82) is 0 Å². The summed E-state index contributed by atoms with van der Waals surface area (Å²) in [6.07, 6.45) is 0.705. The SMILES string of the molecule is CCc1nc(C(=O)OC)c(N)n1C(C)c1cccs1. The van der Waals surface area contributed by atoms with Gasteiger partial charge in [0.15, 0.2) is 5.69 Å². The maximum absolute atomic E-state index is 11.6. The highest BCUT2D eigenvalue weighted by Gasteiger charge is 2.24. The van der Waals surface area contributed by atoms with Crippen molar-refractivity contribution in [2.24, 2.45) is 0 Å². The molecule has 0 fully saturated rings. The largest absolute Gasteiger partial charge is 0.464 e. The topological polar surface area (TPSA) is 70.1 Å². The molecular weight excluding hydrogens is 262 g/mol. The molecule has 5 nitrogen and oxygen atoms in total. The highest BCUT2D eigenvalue weighted by atomic mass is 32.1. The number of aromatic nitrogens is 2. The molecule has 0 saturated heterocycles. The molecule has 0 amide bonds. The molecule has 0 radical (unpaired) electrons.